The minimum atomic E-state index is -4.98. The summed E-state index contributed by atoms with van der Waals surface area (Å²) in [5, 5.41) is 2.00. The fraction of sp³-hybridized carbons (Fsp3) is 0.375. The lowest BCUT2D eigenvalue weighted by molar-refractivity contribution is -0.174. The van der Waals surface area contributed by atoms with E-state index in [1.165, 1.54) is 13.2 Å². The summed E-state index contributed by atoms with van der Waals surface area (Å²) in [6.07, 6.45) is -1.91. The smallest absolute Gasteiger partial charge is 0.469 e. The molecule has 0 aliphatic carbocycles. The predicted octanol–water partition coefficient (Wildman–Crippen LogP) is 3.92. The second-order valence-electron chi connectivity index (χ2n) is 5.04. The molecule has 0 unspecified atom stereocenters. The van der Waals surface area contributed by atoms with Crippen LogP contribution in [0.1, 0.15) is 24.9 Å². The summed E-state index contributed by atoms with van der Waals surface area (Å²) >= 11 is 3.28. The number of amides is 1. The molecule has 0 heterocycles. The van der Waals surface area contributed by atoms with Gasteiger partial charge in [0.25, 0.3) is 0 Å². The molecule has 1 amide bonds. The van der Waals surface area contributed by atoms with Gasteiger partial charge in [-0.2, -0.15) is 13.2 Å². The lowest BCUT2D eigenvalue weighted by atomic mass is 9.93. The van der Waals surface area contributed by atoms with Crippen molar-refractivity contribution in [3.05, 3.63) is 46.5 Å². The quantitative estimate of drug-likeness (QED) is 0.574. The van der Waals surface area contributed by atoms with Crippen molar-refractivity contribution in [3.63, 3.8) is 0 Å². The third-order valence-electron chi connectivity index (χ3n) is 3.26. The number of carbonyl (C=O) groups excluding carboxylic acids is 2. The highest BCUT2D eigenvalue weighted by molar-refractivity contribution is 9.10. The standard InChI is InChI=1S/C16H17BrF3NO3/c1-10(6-5-9-13(22)24-2)14(21-15(23)16(18,19)20)11-7-3-4-8-12(11)17/h3-8,10,14H,9H2,1-2H3,(H,21,23)/t10-,14+/m0/s1. The number of rotatable bonds is 6. The second kappa shape index (κ2) is 8.86. The number of ether oxygens (including phenoxy) is 1. The summed E-state index contributed by atoms with van der Waals surface area (Å²) in [6.45, 7) is 1.65. The van der Waals surface area contributed by atoms with Crippen molar-refractivity contribution < 1.29 is 27.5 Å². The largest absolute Gasteiger partial charge is 0.471 e. The Morgan fingerprint density at radius 2 is 1.96 bits per heavy atom. The lowest BCUT2D eigenvalue weighted by Crippen LogP contribution is -2.41. The number of alkyl halides is 3. The first-order valence-corrected chi connectivity index (χ1v) is 7.81. The molecule has 0 fully saturated rings. The van der Waals surface area contributed by atoms with E-state index in [9.17, 15) is 22.8 Å². The third kappa shape index (κ3) is 5.99. The zero-order valence-electron chi connectivity index (χ0n) is 13.1. The van der Waals surface area contributed by atoms with Crippen molar-refractivity contribution in [1.82, 2.24) is 5.32 Å². The minimum absolute atomic E-state index is 0.00324. The second-order valence-corrected chi connectivity index (χ2v) is 5.89. The first kappa shape index (κ1) is 20.2. The Bertz CT molecular complexity index is 617. The Morgan fingerprint density at radius 1 is 1.33 bits per heavy atom. The normalized spacial score (nSPS) is 14.2. The Morgan fingerprint density at radius 3 is 2.50 bits per heavy atom. The van der Waals surface area contributed by atoms with Gasteiger partial charge in [-0.05, 0) is 17.5 Å². The highest BCUT2D eigenvalue weighted by Gasteiger charge is 2.40. The number of carbonyl (C=O) groups is 2. The number of esters is 1. The van der Waals surface area contributed by atoms with E-state index in [2.05, 4.69) is 20.7 Å². The van der Waals surface area contributed by atoms with Gasteiger partial charge in [-0.1, -0.05) is 53.2 Å². The Kier molecular flexibility index (Phi) is 7.47. The van der Waals surface area contributed by atoms with Crippen molar-refractivity contribution in [2.75, 3.05) is 7.11 Å². The maximum Gasteiger partial charge on any atom is 0.471 e. The van der Waals surface area contributed by atoms with E-state index < -0.39 is 30.0 Å². The molecule has 1 aromatic carbocycles. The van der Waals surface area contributed by atoms with E-state index >= 15 is 0 Å². The molecule has 24 heavy (non-hydrogen) atoms. The average molecular weight is 408 g/mol. The van der Waals surface area contributed by atoms with Gasteiger partial charge in [0.2, 0.25) is 0 Å². The molecule has 0 saturated carbocycles. The molecule has 1 N–H and O–H groups in total. The van der Waals surface area contributed by atoms with Crippen LogP contribution in [0.15, 0.2) is 40.9 Å². The highest BCUT2D eigenvalue weighted by atomic mass is 79.9. The van der Waals surface area contributed by atoms with Gasteiger partial charge in [0.05, 0.1) is 19.6 Å². The molecule has 0 radical (unpaired) electrons. The van der Waals surface area contributed by atoms with Gasteiger partial charge in [0.15, 0.2) is 0 Å². The third-order valence-corrected chi connectivity index (χ3v) is 3.98. The van der Waals surface area contributed by atoms with Gasteiger partial charge in [0.1, 0.15) is 0 Å². The molecule has 1 aromatic rings. The number of hydrogen-bond donors (Lipinski definition) is 1. The number of nitrogens with one attached hydrogen (secondary N) is 1. The molecule has 0 aliphatic heterocycles. The Hall–Kier alpha value is -1.83. The van der Waals surface area contributed by atoms with Gasteiger partial charge >= 0.3 is 18.1 Å². The van der Waals surface area contributed by atoms with Crippen LogP contribution in [0.4, 0.5) is 13.2 Å². The van der Waals surface area contributed by atoms with Crippen molar-refractivity contribution in [1.29, 1.82) is 0 Å². The monoisotopic (exact) mass is 407 g/mol. The summed E-state index contributed by atoms with van der Waals surface area (Å²) in [6, 6.07) is 5.76. The van der Waals surface area contributed by atoms with Gasteiger partial charge in [0, 0.05) is 4.47 Å². The lowest BCUT2D eigenvalue weighted by Gasteiger charge is -2.25. The zero-order chi connectivity index (χ0) is 18.3. The van der Waals surface area contributed by atoms with Gasteiger partial charge in [-0.3, -0.25) is 9.59 Å². The summed E-state index contributed by atoms with van der Waals surface area (Å²) in [7, 11) is 1.24. The van der Waals surface area contributed by atoms with Crippen LogP contribution in [0.25, 0.3) is 0 Å². The predicted molar refractivity (Wildman–Crippen MR) is 86.0 cm³/mol. The molecule has 1 rings (SSSR count). The SMILES string of the molecule is COC(=O)CC=C[C@H](C)[C@@H](NC(=O)C(F)(F)F)c1ccccc1Br. The highest BCUT2D eigenvalue weighted by Crippen LogP contribution is 2.30. The molecule has 0 aliphatic rings. The molecule has 8 heteroatoms. The fourth-order valence-electron chi connectivity index (χ4n) is 2.02. The first-order chi connectivity index (χ1) is 11.2. The molecule has 132 valence electrons. The van der Waals surface area contributed by atoms with Crippen LogP contribution < -0.4 is 5.32 Å². The summed E-state index contributed by atoms with van der Waals surface area (Å²) in [5.74, 6) is -2.97. The van der Waals surface area contributed by atoms with Crippen molar-refractivity contribution >= 4 is 27.8 Å². The van der Waals surface area contributed by atoms with Crippen LogP contribution in [0.5, 0.6) is 0 Å². The Labute approximate surface area is 146 Å². The summed E-state index contributed by atoms with van der Waals surface area (Å²) in [4.78, 5) is 22.4. The number of methoxy groups -OCH3 is 1. The van der Waals surface area contributed by atoms with E-state index in [0.717, 1.165) is 0 Å². The van der Waals surface area contributed by atoms with Crippen molar-refractivity contribution in [2.24, 2.45) is 5.92 Å². The average Bonchev–Trinajstić information content (AvgIpc) is 2.51. The van der Waals surface area contributed by atoms with Crippen molar-refractivity contribution in [2.45, 2.75) is 25.6 Å². The number of benzene rings is 1. The maximum absolute atomic E-state index is 12.6. The zero-order valence-corrected chi connectivity index (χ0v) is 14.6. The molecule has 2 atom stereocenters. The van der Waals surface area contributed by atoms with Crippen LogP contribution in [0.3, 0.4) is 0 Å². The van der Waals surface area contributed by atoms with Crippen LogP contribution in [-0.2, 0) is 14.3 Å². The Balaban J connectivity index is 3.03. The molecule has 4 nitrogen and oxygen atoms in total. The van der Waals surface area contributed by atoms with Crippen LogP contribution in [-0.4, -0.2) is 25.2 Å². The van der Waals surface area contributed by atoms with Crippen LogP contribution >= 0.6 is 15.9 Å². The maximum atomic E-state index is 12.6. The minimum Gasteiger partial charge on any atom is -0.469 e. The molecular weight excluding hydrogens is 391 g/mol. The topological polar surface area (TPSA) is 55.4 Å². The number of hydrogen-bond acceptors (Lipinski definition) is 3. The van der Waals surface area contributed by atoms with Crippen LogP contribution in [0, 0.1) is 5.92 Å². The first-order valence-electron chi connectivity index (χ1n) is 7.02. The molecule has 0 aromatic heterocycles. The van der Waals surface area contributed by atoms with Crippen molar-refractivity contribution in [3.8, 4) is 0 Å². The molecule has 0 spiro atoms. The molecular formula is C16H17BrF3NO3. The fourth-order valence-corrected chi connectivity index (χ4v) is 2.55. The van der Waals surface area contributed by atoms with E-state index in [1.54, 1.807) is 37.3 Å². The van der Waals surface area contributed by atoms with Crippen LogP contribution in [0.2, 0.25) is 0 Å². The summed E-state index contributed by atoms with van der Waals surface area (Å²) < 4.78 is 42.8. The molecule has 0 saturated heterocycles. The summed E-state index contributed by atoms with van der Waals surface area (Å²) in [5.41, 5.74) is 0.505. The van der Waals surface area contributed by atoms with E-state index in [0.29, 0.717) is 10.0 Å². The van der Waals surface area contributed by atoms with E-state index in [1.807, 2.05) is 5.32 Å². The number of halogens is 4. The van der Waals surface area contributed by atoms with E-state index in [-0.39, 0.29) is 6.42 Å². The molecule has 0 bridgehead atoms. The van der Waals surface area contributed by atoms with Gasteiger partial charge in [-0.25, -0.2) is 0 Å². The van der Waals surface area contributed by atoms with E-state index in [4.69, 9.17) is 0 Å². The van der Waals surface area contributed by atoms with Gasteiger partial charge in [-0.15, -0.1) is 0 Å². The van der Waals surface area contributed by atoms with Gasteiger partial charge < -0.3 is 10.1 Å².